The number of amides is 1. The van der Waals surface area contributed by atoms with Crippen molar-refractivity contribution in [2.45, 2.75) is 31.9 Å². The van der Waals surface area contributed by atoms with E-state index in [0.717, 1.165) is 12.1 Å². The molecule has 0 aliphatic carbocycles. The number of primary amides is 1. The Morgan fingerprint density at radius 3 is 2.70 bits per heavy atom. The van der Waals surface area contributed by atoms with Crippen molar-refractivity contribution in [2.24, 2.45) is 11.5 Å². The molecule has 2 atom stereocenters. The zero-order valence-electron chi connectivity index (χ0n) is 11.1. The highest BCUT2D eigenvalue weighted by molar-refractivity contribution is 5.83. The van der Waals surface area contributed by atoms with Crippen molar-refractivity contribution in [3.05, 3.63) is 34.1 Å². The number of nitro groups is 1. The Labute approximate surface area is 114 Å². The lowest BCUT2D eigenvalue weighted by atomic mass is 9.95. The third-order valence-electron chi connectivity index (χ3n) is 2.74. The summed E-state index contributed by atoms with van der Waals surface area (Å²) in [5.74, 6) is -2.08. The molecule has 1 amide bonds. The molecule has 2 unspecified atom stereocenters. The molecular formula is C12H16FN3O4. The Morgan fingerprint density at radius 1 is 1.60 bits per heavy atom. The molecule has 1 aromatic carbocycles. The molecule has 0 aliphatic rings. The Morgan fingerprint density at radius 2 is 2.20 bits per heavy atom. The number of hydrogen-bond donors (Lipinski definition) is 2. The molecule has 4 N–H and O–H groups in total. The van der Waals surface area contributed by atoms with E-state index in [1.807, 2.05) is 0 Å². The molecule has 8 heteroatoms. The van der Waals surface area contributed by atoms with Gasteiger partial charge in [-0.3, -0.25) is 14.9 Å². The van der Waals surface area contributed by atoms with Gasteiger partial charge in [0.2, 0.25) is 11.7 Å². The molecule has 0 radical (unpaired) electrons. The minimum atomic E-state index is -1.35. The van der Waals surface area contributed by atoms with Gasteiger partial charge in [0.25, 0.3) is 0 Å². The minimum absolute atomic E-state index is 0.00613. The van der Waals surface area contributed by atoms with Gasteiger partial charge in [-0.15, -0.1) is 0 Å². The van der Waals surface area contributed by atoms with Crippen molar-refractivity contribution in [3.8, 4) is 5.75 Å². The van der Waals surface area contributed by atoms with E-state index in [1.165, 1.54) is 19.9 Å². The van der Waals surface area contributed by atoms with Gasteiger partial charge in [-0.1, -0.05) is 6.07 Å². The Hall–Kier alpha value is -2.22. The van der Waals surface area contributed by atoms with Crippen molar-refractivity contribution in [3.63, 3.8) is 0 Å². The number of nitro benzene ring substituents is 1. The smallest absolute Gasteiger partial charge is 0.314 e. The number of halogens is 1. The summed E-state index contributed by atoms with van der Waals surface area (Å²) in [6.45, 7) is 2.93. The number of carbonyl (C=O) groups excluding carboxylic acids is 1. The molecule has 7 nitrogen and oxygen atoms in total. The summed E-state index contributed by atoms with van der Waals surface area (Å²) in [5, 5.41) is 10.8. The normalized spacial score (nSPS) is 15.2. The van der Waals surface area contributed by atoms with Gasteiger partial charge in [-0.2, -0.15) is 0 Å². The fourth-order valence-electron chi connectivity index (χ4n) is 1.70. The molecule has 0 spiro atoms. The summed E-state index contributed by atoms with van der Waals surface area (Å²) in [4.78, 5) is 21.2. The Balaban J connectivity index is 2.94. The highest BCUT2D eigenvalue weighted by atomic mass is 19.1. The van der Waals surface area contributed by atoms with Crippen LogP contribution >= 0.6 is 0 Å². The number of benzene rings is 1. The van der Waals surface area contributed by atoms with E-state index < -0.39 is 39.7 Å². The lowest BCUT2D eigenvalue weighted by molar-refractivity contribution is -0.386. The van der Waals surface area contributed by atoms with Crippen molar-refractivity contribution >= 4 is 11.6 Å². The number of para-hydroxylation sites is 1. The zero-order valence-corrected chi connectivity index (χ0v) is 11.1. The van der Waals surface area contributed by atoms with Crippen molar-refractivity contribution in [2.75, 3.05) is 0 Å². The lowest BCUT2D eigenvalue weighted by Crippen LogP contribution is -2.51. The van der Waals surface area contributed by atoms with Crippen LogP contribution in [0.25, 0.3) is 0 Å². The number of ether oxygens (including phenoxy) is 1. The van der Waals surface area contributed by atoms with E-state index in [1.54, 1.807) is 0 Å². The lowest BCUT2D eigenvalue weighted by Gasteiger charge is -2.25. The molecule has 1 rings (SSSR count). The third kappa shape index (κ3) is 3.64. The average Bonchev–Trinajstić information content (AvgIpc) is 2.30. The van der Waals surface area contributed by atoms with Gasteiger partial charge in [0.05, 0.1) is 16.6 Å². The molecule has 20 heavy (non-hydrogen) atoms. The average molecular weight is 285 g/mol. The molecule has 110 valence electrons. The van der Waals surface area contributed by atoms with Crippen molar-refractivity contribution < 1.29 is 18.8 Å². The van der Waals surface area contributed by atoms with Crippen LogP contribution < -0.4 is 16.2 Å². The van der Waals surface area contributed by atoms with Gasteiger partial charge in [-0.25, -0.2) is 4.39 Å². The van der Waals surface area contributed by atoms with E-state index in [2.05, 4.69) is 0 Å². The maximum absolute atomic E-state index is 13.6. The number of nitrogens with zero attached hydrogens (tertiary/aromatic N) is 1. The van der Waals surface area contributed by atoms with Gasteiger partial charge in [0.15, 0.2) is 5.82 Å². The van der Waals surface area contributed by atoms with Crippen LogP contribution in [0.5, 0.6) is 5.75 Å². The van der Waals surface area contributed by atoms with Crippen LogP contribution in [0.1, 0.15) is 20.3 Å². The fraction of sp³-hybridized carbons (Fsp3) is 0.417. The molecule has 0 saturated heterocycles. The predicted molar refractivity (Wildman–Crippen MR) is 69.5 cm³/mol. The number of nitrogens with two attached hydrogens (primary N) is 2. The summed E-state index contributed by atoms with van der Waals surface area (Å²) in [5.41, 5.74) is 8.95. The quantitative estimate of drug-likeness (QED) is 0.598. The third-order valence-corrected chi connectivity index (χ3v) is 2.74. The standard InChI is InChI=1S/C12H16FN3O4/c1-7(6-12(2,15)11(14)17)20-10-8(13)4-3-5-9(10)16(18)19/h3-5,7H,6,15H2,1-2H3,(H2,14,17). The van der Waals surface area contributed by atoms with Gasteiger partial charge < -0.3 is 16.2 Å². The van der Waals surface area contributed by atoms with E-state index in [4.69, 9.17) is 16.2 Å². The minimum Gasteiger partial charge on any atom is -0.482 e. The monoisotopic (exact) mass is 285 g/mol. The van der Waals surface area contributed by atoms with E-state index in [9.17, 15) is 19.3 Å². The first-order valence-corrected chi connectivity index (χ1v) is 5.83. The van der Waals surface area contributed by atoms with E-state index in [-0.39, 0.29) is 6.42 Å². The second-order valence-corrected chi connectivity index (χ2v) is 4.76. The molecule has 0 saturated carbocycles. The van der Waals surface area contributed by atoms with Crippen LogP contribution in [0.15, 0.2) is 18.2 Å². The first kappa shape index (κ1) is 15.8. The maximum atomic E-state index is 13.6. The predicted octanol–water partition coefficient (Wildman–Crippen LogP) is 1.09. The maximum Gasteiger partial charge on any atom is 0.314 e. The van der Waals surface area contributed by atoms with Crippen LogP contribution in [0, 0.1) is 15.9 Å². The molecule has 1 aromatic rings. The van der Waals surface area contributed by atoms with Gasteiger partial charge in [0, 0.05) is 12.5 Å². The highest BCUT2D eigenvalue weighted by Crippen LogP contribution is 2.31. The molecule has 0 aromatic heterocycles. The number of hydrogen-bond acceptors (Lipinski definition) is 5. The van der Waals surface area contributed by atoms with E-state index >= 15 is 0 Å². The second-order valence-electron chi connectivity index (χ2n) is 4.76. The first-order valence-electron chi connectivity index (χ1n) is 5.83. The van der Waals surface area contributed by atoms with Crippen LogP contribution in [0.2, 0.25) is 0 Å². The van der Waals surface area contributed by atoms with Gasteiger partial charge >= 0.3 is 5.69 Å². The van der Waals surface area contributed by atoms with Gasteiger partial charge in [0.1, 0.15) is 0 Å². The molecule has 0 aliphatic heterocycles. The number of carbonyl (C=O) groups is 1. The van der Waals surface area contributed by atoms with Crippen LogP contribution in [-0.4, -0.2) is 22.5 Å². The summed E-state index contributed by atoms with van der Waals surface area (Å²) in [6.07, 6.45) is -0.735. The van der Waals surface area contributed by atoms with Crippen molar-refractivity contribution in [1.29, 1.82) is 0 Å². The number of rotatable bonds is 6. The second kappa shape index (κ2) is 5.83. The summed E-state index contributed by atoms with van der Waals surface area (Å²) >= 11 is 0. The topological polar surface area (TPSA) is 121 Å². The summed E-state index contributed by atoms with van der Waals surface area (Å²) in [6, 6.07) is 3.38. The largest absolute Gasteiger partial charge is 0.482 e. The SMILES string of the molecule is CC(CC(C)(N)C(N)=O)Oc1c(F)cccc1[N+](=O)[O-]. The Kier molecular flexibility index (Phi) is 4.61. The molecule has 0 bridgehead atoms. The highest BCUT2D eigenvalue weighted by Gasteiger charge is 2.30. The first-order chi connectivity index (χ1) is 9.15. The van der Waals surface area contributed by atoms with Crippen LogP contribution in [0.4, 0.5) is 10.1 Å². The van der Waals surface area contributed by atoms with Crippen LogP contribution in [-0.2, 0) is 4.79 Å². The molecular weight excluding hydrogens is 269 g/mol. The zero-order chi connectivity index (χ0) is 15.5. The fourth-order valence-corrected chi connectivity index (χ4v) is 1.70. The Bertz CT molecular complexity index is 533. The van der Waals surface area contributed by atoms with Gasteiger partial charge in [-0.05, 0) is 19.9 Å². The molecule has 0 fully saturated rings. The van der Waals surface area contributed by atoms with Crippen molar-refractivity contribution in [1.82, 2.24) is 0 Å². The summed E-state index contributed by atoms with van der Waals surface area (Å²) in [7, 11) is 0. The molecule has 0 heterocycles. The summed E-state index contributed by atoms with van der Waals surface area (Å²) < 4.78 is 18.8. The van der Waals surface area contributed by atoms with E-state index in [0.29, 0.717) is 0 Å². The van der Waals surface area contributed by atoms with Crippen LogP contribution in [0.3, 0.4) is 0 Å².